The summed E-state index contributed by atoms with van der Waals surface area (Å²) in [6.07, 6.45) is -3.56. The number of nitro groups is 1. The lowest BCUT2D eigenvalue weighted by molar-refractivity contribution is -0.384. The summed E-state index contributed by atoms with van der Waals surface area (Å²) in [6, 6.07) is 8.41. The van der Waals surface area contributed by atoms with E-state index in [2.05, 4.69) is 10.2 Å². The Morgan fingerprint density at radius 1 is 1.06 bits per heavy atom. The van der Waals surface area contributed by atoms with Crippen LogP contribution < -0.4 is 4.90 Å². The van der Waals surface area contributed by atoms with Crippen molar-refractivity contribution in [2.24, 2.45) is 0 Å². The number of alkyl halides is 3. The third-order valence-corrected chi connectivity index (χ3v) is 6.01. The van der Waals surface area contributed by atoms with Crippen LogP contribution in [0.4, 0.5) is 24.5 Å². The first-order valence-corrected chi connectivity index (χ1v) is 10.5. The summed E-state index contributed by atoms with van der Waals surface area (Å²) < 4.78 is 40.1. The quantitative estimate of drug-likeness (QED) is 0.324. The smallest absolute Gasteiger partial charge is 0.368 e. The fourth-order valence-electron chi connectivity index (χ4n) is 3.35. The highest BCUT2D eigenvalue weighted by Crippen LogP contribution is 2.30. The number of non-ortho nitro benzene ring substituents is 1. The highest BCUT2D eigenvalue weighted by atomic mass is 32.2. The molecule has 1 aromatic carbocycles. The van der Waals surface area contributed by atoms with Gasteiger partial charge in [-0.1, -0.05) is 11.8 Å². The molecule has 32 heavy (non-hydrogen) atoms. The van der Waals surface area contributed by atoms with Gasteiger partial charge in [-0.25, -0.2) is 0 Å². The number of halogens is 3. The first-order valence-electron chi connectivity index (χ1n) is 9.54. The molecule has 1 aliphatic heterocycles. The summed E-state index contributed by atoms with van der Waals surface area (Å²) in [7, 11) is 0. The van der Waals surface area contributed by atoms with Crippen molar-refractivity contribution in [3.05, 3.63) is 58.3 Å². The Bertz CT molecular complexity index is 1140. The van der Waals surface area contributed by atoms with E-state index >= 15 is 0 Å². The number of hydrogen-bond donors (Lipinski definition) is 0. The zero-order valence-electron chi connectivity index (χ0n) is 16.5. The largest absolute Gasteiger partial charge is 0.417 e. The number of aromatic nitrogens is 3. The second-order valence-electron chi connectivity index (χ2n) is 7.06. The standard InChI is InChI=1S/C19H17F3N6O3S/c20-19(21,22)13-1-6-16-23-24-18(27(16)11-13)32-12-17(29)26-9-7-25(8-10-26)14-2-4-15(5-3-14)28(30)31/h1-6,11H,7-10,12H2. The first kappa shape index (κ1) is 21.9. The van der Waals surface area contributed by atoms with E-state index in [9.17, 15) is 28.1 Å². The van der Waals surface area contributed by atoms with Crippen LogP contribution in [0.1, 0.15) is 5.56 Å². The van der Waals surface area contributed by atoms with Gasteiger partial charge in [-0.15, -0.1) is 10.2 Å². The summed E-state index contributed by atoms with van der Waals surface area (Å²) in [6.45, 7) is 2.07. The first-order chi connectivity index (χ1) is 15.2. The molecule has 0 unspecified atom stereocenters. The summed E-state index contributed by atoms with van der Waals surface area (Å²) in [5.74, 6) is -0.128. The van der Waals surface area contributed by atoms with E-state index in [0.717, 1.165) is 29.7 Å². The molecule has 0 atom stereocenters. The summed E-state index contributed by atoms with van der Waals surface area (Å²) in [5.41, 5.74) is 0.306. The molecule has 4 rings (SSSR count). The van der Waals surface area contributed by atoms with Gasteiger partial charge in [-0.05, 0) is 24.3 Å². The number of carbonyl (C=O) groups excluding carboxylic acids is 1. The van der Waals surface area contributed by atoms with Crippen LogP contribution in [-0.2, 0) is 11.0 Å². The topological polar surface area (TPSA) is 96.9 Å². The Kier molecular flexibility index (Phi) is 5.91. The van der Waals surface area contributed by atoms with E-state index in [0.29, 0.717) is 26.2 Å². The van der Waals surface area contributed by atoms with Crippen LogP contribution in [0.15, 0.2) is 47.8 Å². The number of nitro benzene ring substituents is 1. The zero-order chi connectivity index (χ0) is 22.9. The average molecular weight is 466 g/mol. The molecular formula is C19H17F3N6O3S. The highest BCUT2D eigenvalue weighted by Gasteiger charge is 2.31. The lowest BCUT2D eigenvalue weighted by Crippen LogP contribution is -2.49. The van der Waals surface area contributed by atoms with Gasteiger partial charge in [0.05, 0.1) is 16.2 Å². The Labute approximate surface area is 184 Å². The van der Waals surface area contributed by atoms with Crippen molar-refractivity contribution in [2.45, 2.75) is 11.3 Å². The van der Waals surface area contributed by atoms with Gasteiger partial charge in [0, 0.05) is 50.2 Å². The second-order valence-corrected chi connectivity index (χ2v) is 8.00. The van der Waals surface area contributed by atoms with Crippen molar-refractivity contribution in [3.63, 3.8) is 0 Å². The van der Waals surface area contributed by atoms with Crippen LogP contribution in [0, 0.1) is 10.1 Å². The number of amides is 1. The van der Waals surface area contributed by atoms with Crippen LogP contribution in [-0.4, -0.2) is 62.3 Å². The maximum absolute atomic E-state index is 13.0. The minimum Gasteiger partial charge on any atom is -0.368 e. The average Bonchev–Trinajstić information content (AvgIpc) is 3.19. The summed E-state index contributed by atoms with van der Waals surface area (Å²) >= 11 is 1.03. The van der Waals surface area contributed by atoms with Gasteiger partial charge >= 0.3 is 6.18 Å². The molecule has 2 aromatic heterocycles. The molecule has 3 heterocycles. The normalized spacial score (nSPS) is 14.7. The molecule has 1 amide bonds. The monoisotopic (exact) mass is 466 g/mol. The number of hydrogen-bond acceptors (Lipinski definition) is 7. The van der Waals surface area contributed by atoms with Gasteiger partial charge in [0.1, 0.15) is 0 Å². The van der Waals surface area contributed by atoms with Crippen molar-refractivity contribution >= 4 is 34.7 Å². The van der Waals surface area contributed by atoms with Crippen molar-refractivity contribution in [3.8, 4) is 0 Å². The summed E-state index contributed by atoms with van der Waals surface area (Å²) in [5, 5.41) is 18.7. The van der Waals surface area contributed by atoms with E-state index in [1.807, 2.05) is 4.90 Å². The fourth-order valence-corrected chi connectivity index (χ4v) is 4.17. The van der Waals surface area contributed by atoms with Crippen LogP contribution in [0.2, 0.25) is 0 Å². The van der Waals surface area contributed by atoms with E-state index in [4.69, 9.17) is 0 Å². The molecule has 3 aromatic rings. The van der Waals surface area contributed by atoms with Crippen molar-refractivity contribution in [2.75, 3.05) is 36.8 Å². The fraction of sp³-hybridized carbons (Fsp3) is 0.316. The van der Waals surface area contributed by atoms with Gasteiger partial charge in [0.15, 0.2) is 10.8 Å². The van der Waals surface area contributed by atoms with E-state index < -0.39 is 16.7 Å². The Morgan fingerprint density at radius 2 is 1.75 bits per heavy atom. The molecule has 1 saturated heterocycles. The van der Waals surface area contributed by atoms with Crippen molar-refractivity contribution in [1.29, 1.82) is 0 Å². The van der Waals surface area contributed by atoms with Crippen LogP contribution in [0.5, 0.6) is 0 Å². The van der Waals surface area contributed by atoms with E-state index in [1.54, 1.807) is 17.0 Å². The lowest BCUT2D eigenvalue weighted by atomic mass is 10.2. The minimum absolute atomic E-state index is 0.0166. The number of pyridine rings is 1. The molecule has 1 fully saturated rings. The number of piperazine rings is 1. The van der Waals surface area contributed by atoms with Crippen molar-refractivity contribution in [1.82, 2.24) is 19.5 Å². The number of nitrogens with zero attached hydrogens (tertiary/aromatic N) is 6. The Morgan fingerprint density at radius 3 is 2.38 bits per heavy atom. The van der Waals surface area contributed by atoms with Crippen LogP contribution in [0.3, 0.4) is 0 Å². The molecule has 0 radical (unpaired) electrons. The van der Waals surface area contributed by atoms with Crippen LogP contribution in [0.25, 0.3) is 5.65 Å². The second kappa shape index (κ2) is 8.65. The predicted molar refractivity (Wildman–Crippen MR) is 111 cm³/mol. The van der Waals surface area contributed by atoms with Gasteiger partial charge in [-0.2, -0.15) is 13.2 Å². The summed E-state index contributed by atoms with van der Waals surface area (Å²) in [4.78, 5) is 26.6. The number of anilines is 1. The Hall–Kier alpha value is -3.35. The molecular weight excluding hydrogens is 449 g/mol. The maximum Gasteiger partial charge on any atom is 0.417 e. The maximum atomic E-state index is 13.0. The highest BCUT2D eigenvalue weighted by molar-refractivity contribution is 7.99. The Balaban J connectivity index is 1.34. The molecule has 0 N–H and O–H groups in total. The lowest BCUT2D eigenvalue weighted by Gasteiger charge is -2.36. The molecule has 0 saturated carbocycles. The molecule has 9 nitrogen and oxygen atoms in total. The number of fused-ring (bicyclic) bond motifs is 1. The predicted octanol–water partition coefficient (Wildman–Crippen LogP) is 3.10. The van der Waals surface area contributed by atoms with E-state index in [1.165, 1.54) is 22.6 Å². The molecule has 13 heteroatoms. The van der Waals surface area contributed by atoms with Gasteiger partial charge in [-0.3, -0.25) is 19.3 Å². The molecule has 0 bridgehead atoms. The number of rotatable bonds is 5. The van der Waals surface area contributed by atoms with Gasteiger partial charge in [0.2, 0.25) is 5.91 Å². The van der Waals surface area contributed by atoms with Gasteiger partial charge < -0.3 is 9.80 Å². The number of thioether (sulfide) groups is 1. The number of carbonyl (C=O) groups is 1. The van der Waals surface area contributed by atoms with Crippen molar-refractivity contribution < 1.29 is 22.9 Å². The third kappa shape index (κ3) is 4.61. The zero-order valence-corrected chi connectivity index (χ0v) is 17.3. The molecule has 0 aliphatic carbocycles. The molecule has 168 valence electrons. The molecule has 1 aliphatic rings. The SMILES string of the molecule is O=C(CSc1nnc2ccc(C(F)(F)F)cn12)N1CCN(c2ccc([N+](=O)[O-])cc2)CC1. The number of benzene rings is 1. The minimum atomic E-state index is -4.49. The van der Waals surface area contributed by atoms with Gasteiger partial charge in [0.25, 0.3) is 5.69 Å². The van der Waals surface area contributed by atoms with Crippen LogP contribution >= 0.6 is 11.8 Å². The third-order valence-electron chi connectivity index (χ3n) is 5.08. The van der Waals surface area contributed by atoms with E-state index in [-0.39, 0.29) is 28.2 Å². The molecule has 0 spiro atoms.